The molecule has 13 heavy (non-hydrogen) atoms. The summed E-state index contributed by atoms with van der Waals surface area (Å²) in [7, 11) is 2.01. The van der Waals surface area contributed by atoms with E-state index in [-0.39, 0.29) is 12.1 Å². The van der Waals surface area contributed by atoms with E-state index >= 15 is 0 Å². The molecule has 2 unspecified atom stereocenters. The number of hydrogen-bond acceptors (Lipinski definition) is 2. The van der Waals surface area contributed by atoms with Crippen LogP contribution in [0.1, 0.15) is 29.3 Å². The minimum Gasteiger partial charge on any atom is -0.388 e. The molecule has 0 saturated heterocycles. The molecule has 2 rings (SSSR count). The molecule has 0 radical (unpaired) electrons. The van der Waals surface area contributed by atoms with E-state index in [9.17, 15) is 5.11 Å². The number of aliphatic hydroxyl groups is 1. The summed E-state index contributed by atoms with van der Waals surface area (Å²) in [5.41, 5.74) is 9.32. The average molecular weight is 180 g/mol. The van der Waals surface area contributed by atoms with E-state index in [0.717, 1.165) is 12.0 Å². The number of nitrogens with two attached hydrogens (primary N) is 1. The molecule has 3 heteroatoms. The summed E-state index contributed by atoms with van der Waals surface area (Å²) < 4.78 is 2.08. The van der Waals surface area contributed by atoms with Crippen molar-refractivity contribution in [3.63, 3.8) is 0 Å². The summed E-state index contributed by atoms with van der Waals surface area (Å²) in [5, 5.41) is 9.83. The second-order valence-corrected chi connectivity index (χ2v) is 4.00. The van der Waals surface area contributed by atoms with E-state index in [1.807, 2.05) is 14.0 Å². The molecule has 1 aliphatic rings. The third kappa shape index (κ3) is 1.28. The number of aryl methyl sites for hydroxylation is 2. The van der Waals surface area contributed by atoms with Crippen molar-refractivity contribution in [2.75, 3.05) is 0 Å². The van der Waals surface area contributed by atoms with E-state index in [1.54, 1.807) is 0 Å². The Kier molecular flexibility index (Phi) is 1.93. The van der Waals surface area contributed by atoms with Crippen LogP contribution in [0, 0.1) is 6.92 Å². The summed E-state index contributed by atoms with van der Waals surface area (Å²) in [6.45, 7) is 2.04. The predicted molar refractivity (Wildman–Crippen MR) is 51.4 cm³/mol. The highest BCUT2D eigenvalue weighted by atomic mass is 16.3. The van der Waals surface area contributed by atoms with Crippen LogP contribution in [0.2, 0.25) is 0 Å². The first-order valence-electron chi connectivity index (χ1n) is 4.68. The maximum absolute atomic E-state index is 9.83. The molecule has 0 aliphatic heterocycles. The molecule has 72 valence electrons. The van der Waals surface area contributed by atoms with Gasteiger partial charge in [0.05, 0.1) is 6.10 Å². The van der Waals surface area contributed by atoms with Crippen molar-refractivity contribution >= 4 is 0 Å². The van der Waals surface area contributed by atoms with E-state index in [2.05, 4.69) is 10.8 Å². The zero-order valence-electron chi connectivity index (χ0n) is 8.12. The van der Waals surface area contributed by atoms with Crippen LogP contribution in [0.3, 0.4) is 0 Å². The van der Waals surface area contributed by atoms with Gasteiger partial charge in [-0.1, -0.05) is 0 Å². The first-order chi connectivity index (χ1) is 6.09. The molecule has 0 saturated carbocycles. The second kappa shape index (κ2) is 2.86. The molecule has 1 aromatic rings. The number of fused-ring (bicyclic) bond motifs is 1. The Labute approximate surface area is 78.2 Å². The molecule has 3 nitrogen and oxygen atoms in total. The van der Waals surface area contributed by atoms with E-state index in [4.69, 9.17) is 5.73 Å². The Hall–Kier alpha value is -0.800. The smallest absolute Gasteiger partial charge is 0.0824 e. The molecule has 1 heterocycles. The van der Waals surface area contributed by atoms with Gasteiger partial charge in [0.2, 0.25) is 0 Å². The van der Waals surface area contributed by atoms with Crippen LogP contribution >= 0.6 is 0 Å². The van der Waals surface area contributed by atoms with Crippen LogP contribution in [0.4, 0.5) is 0 Å². The number of nitrogens with zero attached hydrogens (tertiary/aromatic N) is 1. The summed E-state index contributed by atoms with van der Waals surface area (Å²) in [6, 6.07) is 0.107. The van der Waals surface area contributed by atoms with Crippen LogP contribution in [0.15, 0.2) is 6.20 Å². The van der Waals surface area contributed by atoms with Crippen molar-refractivity contribution in [1.29, 1.82) is 0 Å². The fourth-order valence-electron chi connectivity index (χ4n) is 2.30. The topological polar surface area (TPSA) is 51.2 Å². The van der Waals surface area contributed by atoms with Crippen molar-refractivity contribution in [2.45, 2.75) is 31.9 Å². The molecule has 3 N–H and O–H groups in total. The van der Waals surface area contributed by atoms with Gasteiger partial charge >= 0.3 is 0 Å². The van der Waals surface area contributed by atoms with Crippen LogP contribution in [-0.2, 0) is 13.5 Å². The maximum atomic E-state index is 9.83. The van der Waals surface area contributed by atoms with Gasteiger partial charge in [-0.15, -0.1) is 0 Å². The first-order valence-corrected chi connectivity index (χ1v) is 4.68. The van der Waals surface area contributed by atoms with Crippen LogP contribution in [-0.4, -0.2) is 15.7 Å². The lowest BCUT2D eigenvalue weighted by Gasteiger charge is -2.25. The third-order valence-electron chi connectivity index (χ3n) is 2.86. The molecular formula is C10H16N2O. The standard InChI is InChI=1S/C10H16N2O/c1-6-5-12(2)8-3-7(11)4-9(13)10(6)8/h5,7,9,13H,3-4,11H2,1-2H3. The highest BCUT2D eigenvalue weighted by Crippen LogP contribution is 2.32. The third-order valence-corrected chi connectivity index (χ3v) is 2.86. The number of hydrogen-bond donors (Lipinski definition) is 2. The van der Waals surface area contributed by atoms with Crippen molar-refractivity contribution in [3.8, 4) is 0 Å². The van der Waals surface area contributed by atoms with Crippen molar-refractivity contribution < 1.29 is 5.11 Å². The largest absolute Gasteiger partial charge is 0.388 e. The zero-order chi connectivity index (χ0) is 9.59. The van der Waals surface area contributed by atoms with Gasteiger partial charge < -0.3 is 15.4 Å². The fourth-order valence-corrected chi connectivity index (χ4v) is 2.30. The van der Waals surface area contributed by atoms with Crippen LogP contribution in [0.25, 0.3) is 0 Å². The molecule has 1 aromatic heterocycles. The van der Waals surface area contributed by atoms with Gasteiger partial charge in [-0.2, -0.15) is 0 Å². The van der Waals surface area contributed by atoms with E-state index < -0.39 is 0 Å². The minimum absolute atomic E-state index is 0.107. The van der Waals surface area contributed by atoms with Gasteiger partial charge in [0.1, 0.15) is 0 Å². The minimum atomic E-state index is -0.361. The van der Waals surface area contributed by atoms with Gasteiger partial charge in [0, 0.05) is 37.0 Å². The van der Waals surface area contributed by atoms with Crippen LogP contribution in [0.5, 0.6) is 0 Å². The average Bonchev–Trinajstić information content (AvgIpc) is 2.27. The first kappa shape index (κ1) is 8.78. The Morgan fingerprint density at radius 3 is 3.00 bits per heavy atom. The monoisotopic (exact) mass is 180 g/mol. The number of aromatic nitrogens is 1. The maximum Gasteiger partial charge on any atom is 0.0824 e. The molecule has 0 spiro atoms. The summed E-state index contributed by atoms with van der Waals surface area (Å²) in [5.74, 6) is 0. The molecule has 0 fully saturated rings. The summed E-state index contributed by atoms with van der Waals surface area (Å²) in [4.78, 5) is 0. The van der Waals surface area contributed by atoms with Gasteiger partial charge in [0.15, 0.2) is 0 Å². The van der Waals surface area contributed by atoms with E-state index in [1.165, 1.54) is 11.3 Å². The molecular weight excluding hydrogens is 164 g/mol. The lowest BCUT2D eigenvalue weighted by molar-refractivity contribution is 0.147. The SMILES string of the molecule is Cc1cn(C)c2c1C(O)CC(N)C2. The normalized spacial score (nSPS) is 27.4. The Balaban J connectivity index is 2.51. The number of rotatable bonds is 0. The Morgan fingerprint density at radius 1 is 1.62 bits per heavy atom. The molecule has 0 bridgehead atoms. The predicted octanol–water partition coefficient (Wildman–Crippen LogP) is 0.640. The van der Waals surface area contributed by atoms with Crippen LogP contribution < -0.4 is 5.73 Å². The summed E-state index contributed by atoms with van der Waals surface area (Å²) >= 11 is 0. The number of aliphatic hydroxyl groups excluding tert-OH is 1. The zero-order valence-corrected chi connectivity index (χ0v) is 8.12. The van der Waals surface area contributed by atoms with Gasteiger partial charge in [-0.05, 0) is 18.9 Å². The quantitative estimate of drug-likeness (QED) is 0.615. The molecule has 0 aromatic carbocycles. The van der Waals surface area contributed by atoms with Crippen molar-refractivity contribution in [2.24, 2.45) is 12.8 Å². The highest BCUT2D eigenvalue weighted by molar-refractivity contribution is 5.36. The molecule has 1 aliphatic carbocycles. The Bertz CT molecular complexity index is 330. The second-order valence-electron chi connectivity index (χ2n) is 4.00. The van der Waals surface area contributed by atoms with Gasteiger partial charge in [0.25, 0.3) is 0 Å². The summed E-state index contributed by atoms with van der Waals surface area (Å²) in [6.07, 6.45) is 3.28. The van der Waals surface area contributed by atoms with Gasteiger partial charge in [-0.25, -0.2) is 0 Å². The van der Waals surface area contributed by atoms with E-state index in [0.29, 0.717) is 6.42 Å². The van der Waals surface area contributed by atoms with Crippen molar-refractivity contribution in [3.05, 3.63) is 23.0 Å². The highest BCUT2D eigenvalue weighted by Gasteiger charge is 2.27. The van der Waals surface area contributed by atoms with Gasteiger partial charge in [-0.3, -0.25) is 0 Å². The lowest BCUT2D eigenvalue weighted by atomic mass is 9.89. The van der Waals surface area contributed by atoms with Crippen molar-refractivity contribution in [1.82, 2.24) is 4.57 Å². The fraction of sp³-hybridized carbons (Fsp3) is 0.600. The Morgan fingerprint density at radius 2 is 2.31 bits per heavy atom. The molecule has 2 atom stereocenters. The molecule has 0 amide bonds. The lowest BCUT2D eigenvalue weighted by Crippen LogP contribution is -2.31.